The molecule has 1 fully saturated rings. The normalized spacial score (nSPS) is 16.2. The molecule has 1 saturated heterocycles. The SMILES string of the molecule is O=C(O)N[C@H](CCCc1ncccn1)CS(=O)(=O)N1CCC(Oc2c(F)cc(F)cc2Br)CC1. The van der Waals surface area contributed by atoms with Crippen LogP contribution in [0.3, 0.4) is 0 Å². The van der Waals surface area contributed by atoms with Crippen molar-refractivity contribution in [3.8, 4) is 5.75 Å². The van der Waals surface area contributed by atoms with Gasteiger partial charge in [-0.25, -0.2) is 36.3 Å². The van der Waals surface area contributed by atoms with Gasteiger partial charge in [-0.3, -0.25) is 0 Å². The lowest BCUT2D eigenvalue weighted by molar-refractivity contribution is 0.129. The maximum absolute atomic E-state index is 14.0. The quantitative estimate of drug-likeness (QED) is 0.455. The van der Waals surface area contributed by atoms with Crippen LogP contribution < -0.4 is 10.1 Å². The summed E-state index contributed by atoms with van der Waals surface area (Å²) < 4.78 is 60.3. The molecule has 0 aliphatic carbocycles. The third-order valence-electron chi connectivity index (χ3n) is 5.35. The summed E-state index contributed by atoms with van der Waals surface area (Å²) in [5, 5.41) is 11.4. The number of carboxylic acid groups (broad SMARTS) is 1. The van der Waals surface area contributed by atoms with Gasteiger partial charge in [-0.2, -0.15) is 0 Å². The molecule has 1 amide bonds. The van der Waals surface area contributed by atoms with Gasteiger partial charge in [0, 0.05) is 44.0 Å². The van der Waals surface area contributed by atoms with E-state index in [4.69, 9.17) is 9.84 Å². The van der Waals surface area contributed by atoms with Crippen LogP contribution in [0, 0.1) is 11.6 Å². The Bertz CT molecular complexity index is 1060. The summed E-state index contributed by atoms with van der Waals surface area (Å²) in [6.07, 6.45) is 3.41. The summed E-state index contributed by atoms with van der Waals surface area (Å²) in [5.41, 5.74) is 0. The fourth-order valence-electron chi connectivity index (χ4n) is 3.73. The largest absolute Gasteiger partial charge is 0.486 e. The van der Waals surface area contributed by atoms with Crippen molar-refractivity contribution in [1.29, 1.82) is 0 Å². The van der Waals surface area contributed by atoms with Crippen molar-refractivity contribution in [2.45, 2.75) is 44.2 Å². The smallest absolute Gasteiger partial charge is 0.404 e. The lowest BCUT2D eigenvalue weighted by atomic mass is 10.1. The van der Waals surface area contributed by atoms with Crippen LogP contribution in [0.4, 0.5) is 13.6 Å². The fraction of sp³-hybridized carbons (Fsp3) is 0.476. The van der Waals surface area contributed by atoms with Crippen LogP contribution in [0.25, 0.3) is 0 Å². The molecule has 0 spiro atoms. The Morgan fingerprint density at radius 1 is 1.26 bits per heavy atom. The Hall–Kier alpha value is -2.38. The number of nitrogens with zero attached hydrogens (tertiary/aromatic N) is 3. The highest BCUT2D eigenvalue weighted by Crippen LogP contribution is 2.32. The van der Waals surface area contributed by atoms with E-state index < -0.39 is 39.9 Å². The van der Waals surface area contributed by atoms with E-state index in [1.165, 1.54) is 4.31 Å². The van der Waals surface area contributed by atoms with E-state index in [1.807, 2.05) is 0 Å². The minimum absolute atomic E-state index is 0.115. The molecule has 0 saturated carbocycles. The Labute approximate surface area is 204 Å². The van der Waals surface area contributed by atoms with Gasteiger partial charge >= 0.3 is 6.09 Å². The minimum atomic E-state index is -3.75. The van der Waals surface area contributed by atoms with Gasteiger partial charge in [0.15, 0.2) is 11.6 Å². The first kappa shape index (κ1) is 26.2. The molecule has 1 aliphatic rings. The van der Waals surface area contributed by atoms with Gasteiger partial charge in [0.05, 0.1) is 10.2 Å². The first-order valence-electron chi connectivity index (χ1n) is 10.7. The Morgan fingerprint density at radius 3 is 2.56 bits per heavy atom. The van der Waals surface area contributed by atoms with Crippen molar-refractivity contribution in [2.75, 3.05) is 18.8 Å². The second-order valence-electron chi connectivity index (χ2n) is 7.90. The topological polar surface area (TPSA) is 122 Å². The molecule has 1 aromatic carbocycles. The Balaban J connectivity index is 1.54. The summed E-state index contributed by atoms with van der Waals surface area (Å²) in [6, 6.07) is 2.72. The molecule has 3 rings (SSSR count). The zero-order valence-corrected chi connectivity index (χ0v) is 20.6. The van der Waals surface area contributed by atoms with Gasteiger partial charge < -0.3 is 15.2 Å². The summed E-state index contributed by atoms with van der Waals surface area (Å²) in [4.78, 5) is 19.4. The van der Waals surface area contributed by atoms with E-state index in [0.717, 1.165) is 12.1 Å². The summed E-state index contributed by atoms with van der Waals surface area (Å²) >= 11 is 3.08. The van der Waals surface area contributed by atoms with Gasteiger partial charge in [-0.05, 0) is 53.7 Å². The minimum Gasteiger partial charge on any atom is -0.486 e. The Kier molecular flexibility index (Phi) is 9.14. The predicted molar refractivity (Wildman–Crippen MR) is 123 cm³/mol. The Morgan fingerprint density at radius 2 is 1.94 bits per heavy atom. The molecule has 34 heavy (non-hydrogen) atoms. The van der Waals surface area contributed by atoms with Crippen LogP contribution in [-0.2, 0) is 16.4 Å². The van der Waals surface area contributed by atoms with E-state index in [2.05, 4.69) is 31.2 Å². The van der Waals surface area contributed by atoms with Crippen LogP contribution in [0.2, 0.25) is 0 Å². The van der Waals surface area contributed by atoms with Crippen LogP contribution in [0.1, 0.15) is 31.5 Å². The summed E-state index contributed by atoms with van der Waals surface area (Å²) in [5.74, 6) is -1.47. The fourth-order valence-corrected chi connectivity index (χ4v) is 5.97. The van der Waals surface area contributed by atoms with Crippen LogP contribution in [0.15, 0.2) is 35.1 Å². The number of aryl methyl sites for hydroxylation is 1. The van der Waals surface area contributed by atoms with E-state index in [0.29, 0.717) is 37.9 Å². The third-order valence-corrected chi connectivity index (χ3v) is 7.92. The highest BCUT2D eigenvalue weighted by molar-refractivity contribution is 9.10. The molecule has 186 valence electrons. The van der Waals surface area contributed by atoms with E-state index in [-0.39, 0.29) is 29.1 Å². The molecule has 2 aromatic rings. The van der Waals surface area contributed by atoms with E-state index >= 15 is 0 Å². The number of hydrogen-bond acceptors (Lipinski definition) is 6. The first-order chi connectivity index (χ1) is 16.1. The molecule has 0 bridgehead atoms. The second kappa shape index (κ2) is 11.8. The van der Waals surface area contributed by atoms with Gasteiger partial charge in [-0.15, -0.1) is 0 Å². The zero-order valence-electron chi connectivity index (χ0n) is 18.2. The monoisotopic (exact) mass is 562 g/mol. The first-order valence-corrected chi connectivity index (χ1v) is 13.1. The van der Waals surface area contributed by atoms with E-state index in [1.54, 1.807) is 18.5 Å². The third kappa shape index (κ3) is 7.57. The molecule has 0 unspecified atom stereocenters. The number of nitrogens with one attached hydrogen (secondary N) is 1. The van der Waals surface area contributed by atoms with Gasteiger partial charge in [-0.1, -0.05) is 0 Å². The van der Waals surface area contributed by atoms with Gasteiger partial charge in [0.1, 0.15) is 17.7 Å². The molecule has 2 N–H and O–H groups in total. The van der Waals surface area contributed by atoms with E-state index in [9.17, 15) is 22.0 Å². The molecule has 1 aliphatic heterocycles. The van der Waals surface area contributed by atoms with Crippen molar-refractivity contribution in [3.63, 3.8) is 0 Å². The molecular weight excluding hydrogens is 538 g/mol. The molecule has 2 heterocycles. The number of hydrogen-bond donors (Lipinski definition) is 2. The number of aromatic nitrogens is 2. The average molecular weight is 563 g/mol. The maximum Gasteiger partial charge on any atom is 0.404 e. The number of sulfonamides is 1. The van der Waals surface area contributed by atoms with Gasteiger partial charge in [0.25, 0.3) is 0 Å². The number of halogens is 3. The predicted octanol–water partition coefficient (Wildman–Crippen LogP) is 3.35. The number of ether oxygens (including phenoxy) is 1. The lowest BCUT2D eigenvalue weighted by Gasteiger charge is -2.32. The lowest BCUT2D eigenvalue weighted by Crippen LogP contribution is -2.47. The van der Waals surface area contributed by atoms with Crippen molar-refractivity contribution < 1.29 is 31.8 Å². The van der Waals surface area contributed by atoms with Crippen LogP contribution in [-0.4, -0.2) is 64.9 Å². The number of amides is 1. The highest BCUT2D eigenvalue weighted by atomic mass is 79.9. The van der Waals surface area contributed by atoms with Crippen LogP contribution in [0.5, 0.6) is 5.75 Å². The molecule has 1 aromatic heterocycles. The molecule has 1 atom stereocenters. The second-order valence-corrected chi connectivity index (χ2v) is 10.8. The summed E-state index contributed by atoms with van der Waals surface area (Å²) in [6.45, 7) is 0.288. The van der Waals surface area contributed by atoms with Crippen LogP contribution >= 0.6 is 15.9 Å². The molecule has 0 radical (unpaired) electrons. The van der Waals surface area contributed by atoms with Gasteiger partial charge in [0.2, 0.25) is 10.0 Å². The van der Waals surface area contributed by atoms with Crippen molar-refractivity contribution in [3.05, 3.63) is 52.5 Å². The molecule has 9 nitrogen and oxygen atoms in total. The maximum atomic E-state index is 14.0. The number of rotatable bonds is 10. The molecule has 13 heteroatoms. The highest BCUT2D eigenvalue weighted by Gasteiger charge is 2.32. The zero-order chi connectivity index (χ0) is 24.7. The number of benzene rings is 1. The average Bonchev–Trinajstić information content (AvgIpc) is 2.76. The summed E-state index contributed by atoms with van der Waals surface area (Å²) in [7, 11) is -3.75. The number of carbonyl (C=O) groups is 1. The van der Waals surface area contributed by atoms with Crippen molar-refractivity contribution in [1.82, 2.24) is 19.6 Å². The van der Waals surface area contributed by atoms with Crippen molar-refractivity contribution in [2.24, 2.45) is 0 Å². The standard InChI is InChI=1S/C21H25BrF2N4O5S/c22-17-11-14(23)12-18(24)20(17)33-16-5-9-28(10-6-16)34(31,32)13-15(27-21(29)30)3-1-4-19-25-7-2-8-26-19/h2,7-8,11-12,15-16,27H,1,3-6,9-10,13H2,(H,29,30)/t15-/m1/s1. The van der Waals surface area contributed by atoms with Crippen molar-refractivity contribution >= 4 is 32.0 Å². The number of piperidine rings is 1. The molecular formula is C21H25BrF2N4O5S.